The molecule has 4 rings (SSSR count). The summed E-state index contributed by atoms with van der Waals surface area (Å²) < 4.78 is 13.6. The number of anilines is 2. The summed E-state index contributed by atoms with van der Waals surface area (Å²) in [4.78, 5) is 20.6. The molecule has 1 aliphatic rings. The van der Waals surface area contributed by atoms with E-state index in [9.17, 15) is 14.3 Å². The van der Waals surface area contributed by atoms with Gasteiger partial charge in [0.15, 0.2) is 5.13 Å². The fraction of sp³-hybridized carbons (Fsp3) is 0.190. The van der Waals surface area contributed by atoms with Crippen LogP contribution in [0.3, 0.4) is 0 Å². The average molecular weight is 395 g/mol. The normalized spacial score (nSPS) is 12.8. The lowest BCUT2D eigenvalue weighted by atomic mass is 10.1. The van der Waals surface area contributed by atoms with Gasteiger partial charge in [-0.15, -0.1) is 0 Å². The maximum Gasteiger partial charge on any atom is 0.279 e. The first kappa shape index (κ1) is 18.3. The number of benzene rings is 2. The van der Waals surface area contributed by atoms with Gasteiger partial charge < -0.3 is 10.4 Å². The van der Waals surface area contributed by atoms with E-state index in [2.05, 4.69) is 34.3 Å². The van der Waals surface area contributed by atoms with Crippen molar-refractivity contribution in [1.29, 1.82) is 0 Å². The van der Waals surface area contributed by atoms with Gasteiger partial charge in [0, 0.05) is 10.9 Å². The van der Waals surface area contributed by atoms with Crippen molar-refractivity contribution >= 4 is 33.6 Å². The number of carbonyl (C=O) groups is 1. The number of thiazole rings is 1. The number of rotatable bonds is 6. The van der Waals surface area contributed by atoms with Crippen molar-refractivity contribution in [2.24, 2.45) is 4.99 Å². The topological polar surface area (TPSA) is 74.6 Å². The highest BCUT2D eigenvalue weighted by Gasteiger charge is 2.25. The fourth-order valence-electron chi connectivity index (χ4n) is 3.09. The number of fused-ring (bicyclic) bond motifs is 1. The number of hydrogen-bond donors (Lipinski definition) is 2. The first-order valence-corrected chi connectivity index (χ1v) is 9.86. The van der Waals surface area contributed by atoms with Gasteiger partial charge in [0.25, 0.3) is 5.91 Å². The smallest absolute Gasteiger partial charge is 0.279 e. The first-order valence-electron chi connectivity index (χ1n) is 9.04. The lowest BCUT2D eigenvalue weighted by Crippen LogP contribution is -2.23. The van der Waals surface area contributed by atoms with Crippen molar-refractivity contribution in [1.82, 2.24) is 4.98 Å². The van der Waals surface area contributed by atoms with Gasteiger partial charge in [-0.3, -0.25) is 4.79 Å². The van der Waals surface area contributed by atoms with Crippen molar-refractivity contribution in [2.75, 3.05) is 5.32 Å². The molecule has 1 aromatic heterocycles. The second-order valence-corrected chi connectivity index (χ2v) is 7.55. The van der Waals surface area contributed by atoms with E-state index in [1.165, 1.54) is 23.8 Å². The Hall–Kier alpha value is -3.06. The van der Waals surface area contributed by atoms with Crippen LogP contribution >= 0.6 is 11.3 Å². The monoisotopic (exact) mass is 395 g/mol. The molecule has 0 saturated carbocycles. The van der Waals surface area contributed by atoms with Crippen LogP contribution in [0.15, 0.2) is 47.5 Å². The van der Waals surface area contributed by atoms with Crippen LogP contribution in [0.2, 0.25) is 0 Å². The molecule has 0 aliphatic carbocycles. The minimum absolute atomic E-state index is 0.174. The summed E-state index contributed by atoms with van der Waals surface area (Å²) in [5.41, 5.74) is 2.27. The van der Waals surface area contributed by atoms with Crippen LogP contribution in [0.1, 0.15) is 30.2 Å². The van der Waals surface area contributed by atoms with E-state index in [1.807, 2.05) is 12.1 Å². The molecule has 28 heavy (non-hydrogen) atoms. The average Bonchev–Trinajstić information content (AvgIpc) is 3.19. The summed E-state index contributed by atoms with van der Waals surface area (Å²) >= 11 is 1.13. The van der Waals surface area contributed by atoms with E-state index in [4.69, 9.17) is 0 Å². The Morgan fingerprint density at radius 3 is 2.71 bits per heavy atom. The lowest BCUT2D eigenvalue weighted by molar-refractivity contribution is -0.112. The van der Waals surface area contributed by atoms with Crippen molar-refractivity contribution < 1.29 is 14.3 Å². The number of nitrogens with zero attached hydrogens (tertiary/aromatic N) is 2. The third-order valence-corrected chi connectivity index (χ3v) is 5.50. The second kappa shape index (κ2) is 7.52. The van der Waals surface area contributed by atoms with Gasteiger partial charge in [0.05, 0.1) is 10.9 Å². The molecule has 0 atom stereocenters. The number of unbranched alkanes of at least 4 members (excludes halogenated alkanes) is 1. The van der Waals surface area contributed by atoms with Crippen LogP contribution in [-0.2, 0) is 11.2 Å². The summed E-state index contributed by atoms with van der Waals surface area (Å²) in [5.74, 6) is -1.25. The predicted octanol–water partition coefficient (Wildman–Crippen LogP) is 3.43. The standard InChI is InChI=1S/C21H18FN3O2S/c1-2-3-4-12-5-8-14(9-6-12)23-21-25-20(27)18(28-21)17-15-11-13(22)7-10-16(15)24-19(17)26/h5-11,27H,2-4H2,1H3,(H,23,25). The summed E-state index contributed by atoms with van der Waals surface area (Å²) in [6.07, 6.45) is 3.34. The number of nitrogens with one attached hydrogen (secondary N) is 1. The minimum Gasteiger partial charge on any atom is -0.492 e. The number of carbonyl (C=O) groups excluding carboxylic acids is 1. The molecule has 0 spiro atoms. The Balaban J connectivity index is 1.64. The van der Waals surface area contributed by atoms with Crippen LogP contribution in [0.5, 0.6) is 5.88 Å². The molecule has 5 nitrogen and oxygen atoms in total. The molecule has 0 bridgehead atoms. The van der Waals surface area contributed by atoms with Gasteiger partial charge >= 0.3 is 0 Å². The van der Waals surface area contributed by atoms with Gasteiger partial charge in [-0.05, 0) is 48.7 Å². The Morgan fingerprint density at radius 1 is 1.18 bits per heavy atom. The summed E-state index contributed by atoms with van der Waals surface area (Å²) in [5, 5.41) is 14.6. The van der Waals surface area contributed by atoms with Crippen molar-refractivity contribution in [2.45, 2.75) is 26.2 Å². The fourth-order valence-corrected chi connectivity index (χ4v) is 4.02. The summed E-state index contributed by atoms with van der Waals surface area (Å²) in [7, 11) is 0. The zero-order valence-electron chi connectivity index (χ0n) is 15.2. The third kappa shape index (κ3) is 3.53. The molecular formula is C21H18FN3O2S. The molecule has 1 aliphatic heterocycles. The number of hydrogen-bond acceptors (Lipinski definition) is 5. The van der Waals surface area contributed by atoms with Gasteiger partial charge in [0.1, 0.15) is 10.7 Å². The molecule has 2 N–H and O–H groups in total. The molecule has 0 fully saturated rings. The van der Waals surface area contributed by atoms with Crippen molar-refractivity contribution in [3.05, 3.63) is 69.3 Å². The minimum atomic E-state index is -0.508. The molecule has 0 radical (unpaired) electrons. The van der Waals surface area contributed by atoms with Crippen LogP contribution in [0.25, 0.3) is 5.57 Å². The van der Waals surface area contributed by atoms with Crippen LogP contribution < -0.4 is 15.9 Å². The molecule has 2 aromatic carbocycles. The molecule has 2 heterocycles. The van der Waals surface area contributed by atoms with E-state index < -0.39 is 11.7 Å². The zero-order chi connectivity index (χ0) is 19.7. The molecule has 7 heteroatoms. The highest BCUT2D eigenvalue weighted by Crippen LogP contribution is 2.35. The molecule has 0 unspecified atom stereocenters. The van der Waals surface area contributed by atoms with Crippen LogP contribution in [0.4, 0.5) is 15.2 Å². The molecule has 142 valence electrons. The Bertz CT molecular complexity index is 1170. The van der Waals surface area contributed by atoms with Crippen molar-refractivity contribution in [3.63, 3.8) is 0 Å². The summed E-state index contributed by atoms with van der Waals surface area (Å²) in [6.45, 7) is 2.16. The highest BCUT2D eigenvalue weighted by atomic mass is 32.1. The highest BCUT2D eigenvalue weighted by molar-refractivity contribution is 7.17. The predicted molar refractivity (Wildman–Crippen MR) is 107 cm³/mol. The van der Waals surface area contributed by atoms with E-state index in [1.54, 1.807) is 0 Å². The molecule has 0 saturated heterocycles. The Morgan fingerprint density at radius 2 is 1.96 bits per heavy atom. The maximum absolute atomic E-state index is 13.6. The third-order valence-electron chi connectivity index (χ3n) is 4.52. The number of halogens is 1. The Labute approximate surface area is 164 Å². The first-order chi connectivity index (χ1) is 13.5. The van der Waals surface area contributed by atoms with Crippen LogP contribution in [-0.4, -0.2) is 16.0 Å². The number of aryl methyl sites for hydroxylation is 1. The maximum atomic E-state index is 13.6. The molecular weight excluding hydrogens is 377 g/mol. The lowest BCUT2D eigenvalue weighted by Gasteiger charge is -2.04. The number of amides is 1. The Kier molecular flexibility index (Phi) is 4.92. The van der Waals surface area contributed by atoms with E-state index in [0.717, 1.165) is 36.3 Å². The van der Waals surface area contributed by atoms with Gasteiger partial charge in [-0.25, -0.2) is 9.38 Å². The van der Waals surface area contributed by atoms with Crippen molar-refractivity contribution in [3.8, 4) is 5.88 Å². The number of aromatic hydroxyl groups is 1. The molecule has 3 aromatic rings. The second-order valence-electron chi connectivity index (χ2n) is 6.55. The van der Waals surface area contributed by atoms with Gasteiger partial charge in [0.2, 0.25) is 5.88 Å². The van der Waals surface area contributed by atoms with E-state index >= 15 is 0 Å². The summed E-state index contributed by atoms with van der Waals surface area (Å²) in [6, 6.07) is 12.0. The zero-order valence-corrected chi connectivity index (χ0v) is 16.0. The van der Waals surface area contributed by atoms with E-state index in [-0.39, 0.29) is 16.3 Å². The quantitative estimate of drug-likeness (QED) is 0.671. The van der Waals surface area contributed by atoms with E-state index in [0.29, 0.717) is 15.7 Å². The van der Waals surface area contributed by atoms with Gasteiger partial charge in [-0.2, -0.15) is 4.98 Å². The van der Waals surface area contributed by atoms with Gasteiger partial charge in [-0.1, -0.05) is 36.8 Å². The SMILES string of the molecule is CCCCc1ccc(Nc2nc(O)c(C3=c4cc(F)ccc4=NC3=O)s2)cc1. The van der Waals surface area contributed by atoms with Crippen LogP contribution in [0, 0.1) is 5.82 Å². The largest absolute Gasteiger partial charge is 0.492 e. The number of aromatic nitrogens is 1. The molecule has 1 amide bonds.